The number of carbonyl (C=O) groups is 1. The Morgan fingerprint density at radius 3 is 3.14 bits per heavy atom. The second-order valence-electron chi connectivity index (χ2n) is 3.18. The van der Waals surface area contributed by atoms with Gasteiger partial charge in [-0.05, 0) is 25.8 Å². The van der Waals surface area contributed by atoms with Crippen molar-refractivity contribution >= 4 is 21.8 Å². The maximum Gasteiger partial charge on any atom is 0.269 e. The minimum Gasteiger partial charge on any atom is -0.348 e. The van der Waals surface area contributed by atoms with E-state index in [0.717, 1.165) is 18.2 Å². The smallest absolute Gasteiger partial charge is 0.269 e. The minimum absolute atomic E-state index is 0.0930. The summed E-state index contributed by atoms with van der Waals surface area (Å²) in [7, 11) is 0. The van der Waals surface area contributed by atoms with E-state index in [4.69, 9.17) is 0 Å². The Balaban J connectivity index is 2.34. The quantitative estimate of drug-likeness (QED) is 0.792. The normalized spacial score (nSPS) is 12.4. The van der Waals surface area contributed by atoms with Crippen LogP contribution in [0.4, 0.5) is 0 Å². The van der Waals surface area contributed by atoms with Crippen molar-refractivity contribution in [1.29, 1.82) is 0 Å². The number of hydrogen-bond donors (Lipinski definition) is 2. The molecule has 0 saturated heterocycles. The second kappa shape index (κ2) is 5.80. The Morgan fingerprint density at radius 1 is 1.79 bits per heavy atom. The molecule has 78 valence electrons. The molecule has 0 spiro atoms. The predicted molar refractivity (Wildman–Crippen MR) is 58.5 cm³/mol. The summed E-state index contributed by atoms with van der Waals surface area (Å²) in [6.07, 6.45) is 3.60. The minimum atomic E-state index is -0.0930. The molecule has 0 aromatic carbocycles. The summed E-state index contributed by atoms with van der Waals surface area (Å²) in [6.45, 7) is 2.00. The van der Waals surface area contributed by atoms with Crippen LogP contribution in [-0.4, -0.2) is 27.5 Å². The first kappa shape index (κ1) is 11.2. The summed E-state index contributed by atoms with van der Waals surface area (Å²) < 4.78 is 0. The molecule has 1 aromatic heterocycles. The van der Waals surface area contributed by atoms with Gasteiger partial charge in [-0.3, -0.25) is 9.89 Å². The molecule has 1 amide bonds. The van der Waals surface area contributed by atoms with E-state index in [1.165, 1.54) is 0 Å². The molecule has 0 aliphatic rings. The molecule has 1 unspecified atom stereocenters. The van der Waals surface area contributed by atoms with Crippen molar-refractivity contribution < 1.29 is 4.79 Å². The number of rotatable bonds is 5. The van der Waals surface area contributed by atoms with E-state index in [2.05, 4.69) is 31.4 Å². The first-order valence-corrected chi connectivity index (χ1v) is 5.72. The van der Waals surface area contributed by atoms with Gasteiger partial charge in [-0.2, -0.15) is 5.10 Å². The lowest BCUT2D eigenvalue weighted by atomic mass is 10.2. The summed E-state index contributed by atoms with van der Waals surface area (Å²) in [6, 6.07) is 1.86. The topological polar surface area (TPSA) is 57.8 Å². The van der Waals surface area contributed by atoms with Crippen LogP contribution in [0.3, 0.4) is 0 Å². The highest BCUT2D eigenvalue weighted by Crippen LogP contribution is 2.00. The van der Waals surface area contributed by atoms with Gasteiger partial charge in [0.2, 0.25) is 0 Å². The van der Waals surface area contributed by atoms with E-state index in [-0.39, 0.29) is 11.9 Å². The number of amides is 1. The molecule has 2 N–H and O–H groups in total. The van der Waals surface area contributed by atoms with Gasteiger partial charge in [0.15, 0.2) is 0 Å². The Bertz CT molecular complexity index is 274. The molecule has 0 radical (unpaired) electrons. The van der Waals surface area contributed by atoms with Crippen LogP contribution in [0.15, 0.2) is 12.3 Å². The average molecular weight is 260 g/mol. The van der Waals surface area contributed by atoms with Gasteiger partial charge in [-0.1, -0.05) is 15.9 Å². The second-order valence-corrected chi connectivity index (χ2v) is 3.97. The number of nitrogens with one attached hydrogen (secondary N) is 2. The zero-order valence-electron chi connectivity index (χ0n) is 8.09. The van der Waals surface area contributed by atoms with Crippen LogP contribution in [0.5, 0.6) is 0 Å². The molecular weight excluding hydrogens is 246 g/mol. The van der Waals surface area contributed by atoms with E-state index in [1.54, 1.807) is 12.3 Å². The Kier molecular flexibility index (Phi) is 4.65. The van der Waals surface area contributed by atoms with Crippen LogP contribution in [-0.2, 0) is 0 Å². The van der Waals surface area contributed by atoms with Gasteiger partial charge in [-0.25, -0.2) is 0 Å². The maximum absolute atomic E-state index is 11.5. The van der Waals surface area contributed by atoms with E-state index in [0.29, 0.717) is 5.69 Å². The predicted octanol–water partition coefficient (Wildman–Crippen LogP) is 1.70. The van der Waals surface area contributed by atoms with Crippen molar-refractivity contribution in [3.63, 3.8) is 0 Å². The number of carbonyl (C=O) groups excluding carboxylic acids is 1. The summed E-state index contributed by atoms with van der Waals surface area (Å²) in [5, 5.41) is 10.2. The molecule has 1 atom stereocenters. The van der Waals surface area contributed by atoms with Crippen LogP contribution in [0.2, 0.25) is 0 Å². The van der Waals surface area contributed by atoms with E-state index in [1.807, 2.05) is 6.92 Å². The van der Waals surface area contributed by atoms with Gasteiger partial charge in [-0.15, -0.1) is 0 Å². The maximum atomic E-state index is 11.5. The molecule has 0 bridgehead atoms. The first-order chi connectivity index (χ1) is 6.74. The first-order valence-electron chi connectivity index (χ1n) is 4.60. The monoisotopic (exact) mass is 259 g/mol. The van der Waals surface area contributed by atoms with Crippen LogP contribution < -0.4 is 5.32 Å². The van der Waals surface area contributed by atoms with Gasteiger partial charge in [0.1, 0.15) is 5.69 Å². The van der Waals surface area contributed by atoms with Crippen molar-refractivity contribution in [1.82, 2.24) is 15.5 Å². The third kappa shape index (κ3) is 3.49. The molecule has 14 heavy (non-hydrogen) atoms. The van der Waals surface area contributed by atoms with Crippen molar-refractivity contribution in [2.24, 2.45) is 0 Å². The largest absolute Gasteiger partial charge is 0.348 e. The van der Waals surface area contributed by atoms with Gasteiger partial charge < -0.3 is 5.32 Å². The van der Waals surface area contributed by atoms with Crippen LogP contribution in [0.1, 0.15) is 30.3 Å². The highest BCUT2D eigenvalue weighted by molar-refractivity contribution is 9.09. The molecular formula is C9H14BrN3O. The number of nitrogens with zero attached hydrogens (tertiary/aromatic N) is 1. The molecule has 0 fully saturated rings. The van der Waals surface area contributed by atoms with Gasteiger partial charge in [0.05, 0.1) is 0 Å². The van der Waals surface area contributed by atoms with Gasteiger partial charge in [0.25, 0.3) is 5.91 Å². The third-order valence-corrected chi connectivity index (χ3v) is 2.45. The Hall–Kier alpha value is -0.840. The van der Waals surface area contributed by atoms with Gasteiger partial charge in [0, 0.05) is 17.6 Å². The van der Waals surface area contributed by atoms with E-state index >= 15 is 0 Å². The molecule has 0 aliphatic heterocycles. The summed E-state index contributed by atoms with van der Waals surface area (Å²) in [5.41, 5.74) is 0.510. The lowest BCUT2D eigenvalue weighted by Crippen LogP contribution is -2.32. The lowest BCUT2D eigenvalue weighted by Gasteiger charge is -2.11. The SMILES string of the molecule is CC(CCCBr)NC(=O)c1ccn[nH]1. The van der Waals surface area contributed by atoms with E-state index in [9.17, 15) is 4.79 Å². The van der Waals surface area contributed by atoms with Crippen molar-refractivity contribution in [3.8, 4) is 0 Å². The Labute approximate surface area is 91.6 Å². The zero-order chi connectivity index (χ0) is 10.4. The van der Waals surface area contributed by atoms with Crippen LogP contribution in [0, 0.1) is 0 Å². The molecule has 1 aromatic rings. The number of aromatic nitrogens is 2. The molecule has 0 aliphatic carbocycles. The van der Waals surface area contributed by atoms with Crippen LogP contribution >= 0.6 is 15.9 Å². The van der Waals surface area contributed by atoms with Crippen molar-refractivity contribution in [2.45, 2.75) is 25.8 Å². The van der Waals surface area contributed by atoms with Crippen LogP contribution in [0.25, 0.3) is 0 Å². The highest BCUT2D eigenvalue weighted by atomic mass is 79.9. The summed E-state index contributed by atoms with van der Waals surface area (Å²) in [4.78, 5) is 11.5. The number of H-pyrrole nitrogens is 1. The number of hydrogen-bond acceptors (Lipinski definition) is 2. The van der Waals surface area contributed by atoms with Crippen molar-refractivity contribution in [3.05, 3.63) is 18.0 Å². The fraction of sp³-hybridized carbons (Fsp3) is 0.556. The molecule has 1 heterocycles. The fourth-order valence-electron chi connectivity index (χ4n) is 1.14. The summed E-state index contributed by atoms with van der Waals surface area (Å²) >= 11 is 3.35. The number of alkyl halides is 1. The van der Waals surface area contributed by atoms with E-state index < -0.39 is 0 Å². The number of aromatic amines is 1. The molecule has 4 nitrogen and oxygen atoms in total. The van der Waals surface area contributed by atoms with Gasteiger partial charge >= 0.3 is 0 Å². The zero-order valence-corrected chi connectivity index (χ0v) is 9.67. The average Bonchev–Trinajstić information content (AvgIpc) is 2.67. The fourth-order valence-corrected chi connectivity index (χ4v) is 1.46. The summed E-state index contributed by atoms with van der Waals surface area (Å²) in [5.74, 6) is -0.0930. The highest BCUT2D eigenvalue weighted by Gasteiger charge is 2.09. The molecule has 5 heteroatoms. The lowest BCUT2D eigenvalue weighted by molar-refractivity contribution is 0.0933. The third-order valence-electron chi connectivity index (χ3n) is 1.89. The number of halogens is 1. The van der Waals surface area contributed by atoms with Crippen molar-refractivity contribution in [2.75, 3.05) is 5.33 Å². The Morgan fingerprint density at radius 2 is 2.57 bits per heavy atom. The molecule has 0 saturated carbocycles. The molecule has 1 rings (SSSR count). The standard InChI is InChI=1S/C9H14BrN3O/c1-7(3-2-5-10)12-9(14)8-4-6-11-13-8/h4,6-7H,2-3,5H2,1H3,(H,11,13)(H,12,14).